The second-order valence-corrected chi connectivity index (χ2v) is 8.34. The third kappa shape index (κ3) is 3.50. The van der Waals surface area contributed by atoms with Crippen LogP contribution in [0.2, 0.25) is 5.02 Å². The number of hydrogen-bond donors (Lipinski definition) is 1. The summed E-state index contributed by atoms with van der Waals surface area (Å²) in [5.41, 5.74) is 1.16. The highest BCUT2D eigenvalue weighted by atomic mass is 35.5. The number of fused-ring (bicyclic) bond motifs is 1. The molecule has 1 aromatic heterocycles. The summed E-state index contributed by atoms with van der Waals surface area (Å²) in [5, 5.41) is 11.3. The van der Waals surface area contributed by atoms with Crippen molar-refractivity contribution in [1.29, 1.82) is 0 Å². The molecule has 0 aliphatic carbocycles. The minimum Gasteiger partial charge on any atom is -0.481 e. The predicted octanol–water partition coefficient (Wildman–Crippen LogP) is 5.44. The summed E-state index contributed by atoms with van der Waals surface area (Å²) in [4.78, 5) is 15.0. The predicted molar refractivity (Wildman–Crippen MR) is 107 cm³/mol. The van der Waals surface area contributed by atoms with E-state index in [0.717, 1.165) is 23.7 Å². The van der Waals surface area contributed by atoms with Crippen LogP contribution in [0.25, 0.3) is 10.1 Å². The van der Waals surface area contributed by atoms with Crippen LogP contribution < -0.4 is 0 Å². The fourth-order valence-corrected chi connectivity index (χ4v) is 5.20. The highest BCUT2D eigenvalue weighted by molar-refractivity contribution is 7.19. The molecule has 1 N–H and O–H groups in total. The Morgan fingerprint density at radius 3 is 2.58 bits per heavy atom. The number of carbonyl (C=O) groups is 1. The van der Waals surface area contributed by atoms with Crippen molar-refractivity contribution in [2.24, 2.45) is 5.92 Å². The fourth-order valence-electron chi connectivity index (χ4n) is 3.77. The van der Waals surface area contributed by atoms with E-state index >= 15 is 0 Å². The SMILES string of the molecule is O=C(O)C1CCN(C(c2cccc(Cl)c2)c2cc3ccccc3s2)CC1. The summed E-state index contributed by atoms with van der Waals surface area (Å²) in [5.74, 6) is -0.903. The number of hydrogen-bond acceptors (Lipinski definition) is 3. The molecule has 0 spiro atoms. The van der Waals surface area contributed by atoms with Crippen LogP contribution in [0, 0.1) is 5.92 Å². The lowest BCUT2D eigenvalue weighted by Crippen LogP contribution is -2.39. The van der Waals surface area contributed by atoms with Crippen molar-refractivity contribution in [2.75, 3.05) is 13.1 Å². The van der Waals surface area contributed by atoms with E-state index in [-0.39, 0.29) is 12.0 Å². The Morgan fingerprint density at radius 2 is 1.88 bits per heavy atom. The molecule has 1 saturated heterocycles. The molecule has 0 bridgehead atoms. The molecular formula is C21H20ClNO2S. The summed E-state index contributed by atoms with van der Waals surface area (Å²) >= 11 is 8.07. The van der Waals surface area contributed by atoms with Crippen LogP contribution in [0.3, 0.4) is 0 Å². The molecule has 5 heteroatoms. The maximum Gasteiger partial charge on any atom is 0.306 e. The Hall–Kier alpha value is -1.88. The Morgan fingerprint density at radius 1 is 1.12 bits per heavy atom. The lowest BCUT2D eigenvalue weighted by Gasteiger charge is -2.36. The number of carboxylic acid groups (broad SMARTS) is 1. The molecule has 2 aromatic carbocycles. The first-order valence-electron chi connectivity index (χ1n) is 8.82. The smallest absolute Gasteiger partial charge is 0.306 e. The fraction of sp³-hybridized carbons (Fsp3) is 0.286. The molecule has 2 heterocycles. The van der Waals surface area contributed by atoms with Gasteiger partial charge in [0, 0.05) is 14.6 Å². The molecular weight excluding hydrogens is 366 g/mol. The van der Waals surface area contributed by atoms with Crippen LogP contribution >= 0.6 is 22.9 Å². The molecule has 4 rings (SSSR count). The Bertz CT molecular complexity index is 897. The summed E-state index contributed by atoms with van der Waals surface area (Å²) in [6.07, 6.45) is 1.38. The van der Waals surface area contributed by atoms with Gasteiger partial charge in [0.05, 0.1) is 12.0 Å². The van der Waals surface area contributed by atoms with Gasteiger partial charge in [-0.1, -0.05) is 41.9 Å². The lowest BCUT2D eigenvalue weighted by atomic mass is 9.93. The van der Waals surface area contributed by atoms with Crippen LogP contribution in [-0.4, -0.2) is 29.1 Å². The molecule has 0 amide bonds. The van der Waals surface area contributed by atoms with E-state index < -0.39 is 5.97 Å². The minimum atomic E-state index is -0.675. The van der Waals surface area contributed by atoms with E-state index in [0.29, 0.717) is 12.8 Å². The van der Waals surface area contributed by atoms with Gasteiger partial charge in [-0.05, 0) is 61.1 Å². The number of likely N-dealkylation sites (tertiary alicyclic amines) is 1. The molecule has 3 aromatic rings. The van der Waals surface area contributed by atoms with Gasteiger partial charge in [0.1, 0.15) is 0 Å². The van der Waals surface area contributed by atoms with Crippen LogP contribution in [0.15, 0.2) is 54.6 Å². The molecule has 1 aliphatic rings. The molecule has 1 aliphatic heterocycles. The third-order valence-corrected chi connectivity index (χ3v) is 6.53. The van der Waals surface area contributed by atoms with Gasteiger partial charge in [0.25, 0.3) is 0 Å². The summed E-state index contributed by atoms with van der Waals surface area (Å²) < 4.78 is 1.27. The van der Waals surface area contributed by atoms with Gasteiger partial charge in [-0.25, -0.2) is 0 Å². The van der Waals surface area contributed by atoms with Crippen molar-refractivity contribution >= 4 is 39.0 Å². The van der Waals surface area contributed by atoms with E-state index in [2.05, 4.69) is 41.3 Å². The molecule has 1 atom stereocenters. The van der Waals surface area contributed by atoms with Crippen molar-refractivity contribution in [2.45, 2.75) is 18.9 Å². The number of aliphatic carboxylic acids is 1. The molecule has 1 fully saturated rings. The van der Waals surface area contributed by atoms with Gasteiger partial charge >= 0.3 is 5.97 Å². The number of thiophene rings is 1. The molecule has 3 nitrogen and oxygen atoms in total. The van der Waals surface area contributed by atoms with Gasteiger partial charge in [-0.15, -0.1) is 11.3 Å². The average Bonchev–Trinajstić information content (AvgIpc) is 3.06. The first-order valence-corrected chi connectivity index (χ1v) is 10.0. The van der Waals surface area contributed by atoms with Crippen molar-refractivity contribution < 1.29 is 9.90 Å². The van der Waals surface area contributed by atoms with Crippen molar-refractivity contribution in [1.82, 2.24) is 4.90 Å². The van der Waals surface area contributed by atoms with Gasteiger partial charge in [0.15, 0.2) is 0 Å². The normalized spacial score (nSPS) is 17.4. The Kier molecular flexibility index (Phi) is 4.98. The zero-order valence-electron chi connectivity index (χ0n) is 14.3. The van der Waals surface area contributed by atoms with Crippen LogP contribution in [0.1, 0.15) is 29.3 Å². The summed E-state index contributed by atoms with van der Waals surface area (Å²) in [6.45, 7) is 1.56. The zero-order valence-corrected chi connectivity index (χ0v) is 15.8. The van der Waals surface area contributed by atoms with Crippen LogP contribution in [-0.2, 0) is 4.79 Å². The number of benzene rings is 2. The number of carboxylic acids is 1. The van der Waals surface area contributed by atoms with E-state index in [4.69, 9.17) is 11.6 Å². The monoisotopic (exact) mass is 385 g/mol. The van der Waals surface area contributed by atoms with Gasteiger partial charge in [-0.3, -0.25) is 9.69 Å². The zero-order chi connectivity index (χ0) is 18.1. The lowest BCUT2D eigenvalue weighted by molar-refractivity contribution is -0.143. The van der Waals surface area contributed by atoms with Gasteiger partial charge in [0.2, 0.25) is 0 Å². The quantitative estimate of drug-likeness (QED) is 0.650. The molecule has 0 saturated carbocycles. The van der Waals surface area contributed by atoms with Crippen LogP contribution in [0.4, 0.5) is 0 Å². The second-order valence-electron chi connectivity index (χ2n) is 6.79. The second kappa shape index (κ2) is 7.39. The van der Waals surface area contributed by atoms with Crippen LogP contribution in [0.5, 0.6) is 0 Å². The molecule has 1 unspecified atom stereocenters. The van der Waals surface area contributed by atoms with Crippen molar-refractivity contribution in [3.63, 3.8) is 0 Å². The Balaban J connectivity index is 1.71. The van der Waals surface area contributed by atoms with Gasteiger partial charge < -0.3 is 5.11 Å². The van der Waals surface area contributed by atoms with E-state index in [1.807, 2.05) is 18.2 Å². The minimum absolute atomic E-state index is 0.112. The van der Waals surface area contributed by atoms with E-state index in [1.54, 1.807) is 11.3 Å². The third-order valence-electron chi connectivity index (χ3n) is 5.12. The summed E-state index contributed by atoms with van der Waals surface area (Å²) in [7, 11) is 0. The van der Waals surface area contributed by atoms with E-state index in [9.17, 15) is 9.90 Å². The summed E-state index contributed by atoms with van der Waals surface area (Å²) in [6, 6.07) is 18.8. The van der Waals surface area contributed by atoms with Crippen molar-refractivity contribution in [3.8, 4) is 0 Å². The highest BCUT2D eigenvalue weighted by Crippen LogP contribution is 2.39. The first-order chi connectivity index (χ1) is 12.6. The van der Waals surface area contributed by atoms with Gasteiger partial charge in [-0.2, -0.15) is 0 Å². The highest BCUT2D eigenvalue weighted by Gasteiger charge is 2.31. The average molecular weight is 386 g/mol. The number of piperidine rings is 1. The topological polar surface area (TPSA) is 40.5 Å². The molecule has 134 valence electrons. The molecule has 26 heavy (non-hydrogen) atoms. The van der Waals surface area contributed by atoms with E-state index in [1.165, 1.54) is 15.0 Å². The first kappa shape index (κ1) is 17.5. The maximum atomic E-state index is 11.3. The maximum absolute atomic E-state index is 11.3. The standard InChI is InChI=1S/C21H20ClNO2S/c22-17-6-3-5-16(12-17)20(23-10-8-14(9-11-23)21(24)25)19-13-15-4-1-2-7-18(15)26-19/h1-7,12-14,20H,8-11H2,(H,24,25). The number of rotatable bonds is 4. The van der Waals surface area contributed by atoms with Crippen molar-refractivity contribution in [3.05, 3.63) is 70.1 Å². The largest absolute Gasteiger partial charge is 0.481 e. The Labute approximate surface area is 161 Å². The number of nitrogens with zero attached hydrogens (tertiary/aromatic N) is 1. The molecule has 0 radical (unpaired) electrons. The number of halogens is 1.